The van der Waals surface area contributed by atoms with Crippen molar-refractivity contribution < 1.29 is 4.79 Å². The maximum atomic E-state index is 11.2. The first-order chi connectivity index (χ1) is 7.31. The monoisotopic (exact) mass is 215 g/mol. The van der Waals surface area contributed by atoms with Gasteiger partial charge in [0.25, 0.3) is 0 Å². The van der Waals surface area contributed by atoms with Crippen LogP contribution in [-0.4, -0.2) is 25.7 Å². The Labute approximate surface area is 93.0 Å². The highest BCUT2D eigenvalue weighted by atomic mass is 16.2. The van der Waals surface area contributed by atoms with E-state index in [1.54, 1.807) is 0 Å². The van der Waals surface area contributed by atoms with Gasteiger partial charge in [-0.3, -0.25) is 0 Å². The first-order valence-corrected chi connectivity index (χ1v) is 6.03. The van der Waals surface area contributed by atoms with Crippen molar-refractivity contribution in [1.82, 2.24) is 10.6 Å². The van der Waals surface area contributed by atoms with Gasteiger partial charge in [0.1, 0.15) is 0 Å². The fourth-order valence-electron chi connectivity index (χ4n) is 1.27. The summed E-state index contributed by atoms with van der Waals surface area (Å²) in [5.74, 6) is 0. The Morgan fingerprint density at radius 3 is 2.20 bits per heavy atom. The van der Waals surface area contributed by atoms with Gasteiger partial charge in [-0.2, -0.15) is 0 Å². The van der Waals surface area contributed by atoms with Crippen LogP contribution in [0.15, 0.2) is 0 Å². The fourth-order valence-corrected chi connectivity index (χ4v) is 1.27. The van der Waals surface area contributed by atoms with Gasteiger partial charge in [0.15, 0.2) is 0 Å². The zero-order chi connectivity index (χ0) is 11.4. The van der Waals surface area contributed by atoms with E-state index in [2.05, 4.69) is 17.6 Å². The Hall–Kier alpha value is -0.770. The van der Waals surface area contributed by atoms with Crippen LogP contribution in [-0.2, 0) is 0 Å². The Kier molecular flexibility index (Phi) is 10.7. The van der Waals surface area contributed by atoms with Crippen molar-refractivity contribution in [2.75, 3.05) is 19.6 Å². The molecule has 4 heteroatoms. The first kappa shape index (κ1) is 14.2. The maximum Gasteiger partial charge on any atom is 0.314 e. The van der Waals surface area contributed by atoms with Crippen LogP contribution < -0.4 is 16.4 Å². The molecule has 0 aliphatic carbocycles. The molecular formula is C11H25N3O. The molecule has 0 aromatic rings. The smallest absolute Gasteiger partial charge is 0.314 e. The van der Waals surface area contributed by atoms with Crippen LogP contribution in [0.5, 0.6) is 0 Å². The summed E-state index contributed by atoms with van der Waals surface area (Å²) in [4.78, 5) is 11.2. The van der Waals surface area contributed by atoms with Crippen LogP contribution >= 0.6 is 0 Å². The first-order valence-electron chi connectivity index (χ1n) is 6.03. The normalized spacial score (nSPS) is 10.0. The number of unbranched alkanes of at least 4 members (excludes halogenated alkanes) is 4. The number of carbonyl (C=O) groups excluding carboxylic acids is 1. The van der Waals surface area contributed by atoms with Crippen LogP contribution in [0.3, 0.4) is 0 Å². The third-order valence-corrected chi connectivity index (χ3v) is 2.23. The predicted molar refractivity (Wildman–Crippen MR) is 63.8 cm³/mol. The minimum Gasteiger partial charge on any atom is -0.338 e. The summed E-state index contributed by atoms with van der Waals surface area (Å²) in [7, 11) is 0. The van der Waals surface area contributed by atoms with Gasteiger partial charge < -0.3 is 16.4 Å². The third-order valence-electron chi connectivity index (χ3n) is 2.23. The molecule has 0 saturated carbocycles. The van der Waals surface area contributed by atoms with Gasteiger partial charge in [-0.1, -0.05) is 26.2 Å². The lowest BCUT2D eigenvalue weighted by molar-refractivity contribution is 0.240. The summed E-state index contributed by atoms with van der Waals surface area (Å²) in [5, 5.41) is 5.65. The summed E-state index contributed by atoms with van der Waals surface area (Å²) in [6.45, 7) is 4.42. The number of carbonyl (C=O) groups is 1. The second-order valence-corrected chi connectivity index (χ2v) is 3.74. The van der Waals surface area contributed by atoms with E-state index in [1.165, 1.54) is 0 Å². The maximum absolute atomic E-state index is 11.2. The van der Waals surface area contributed by atoms with Gasteiger partial charge in [-0.05, 0) is 25.8 Å². The SMILES string of the molecule is CCCCNC(=O)NCCCCCCN. The zero-order valence-electron chi connectivity index (χ0n) is 9.85. The highest BCUT2D eigenvalue weighted by molar-refractivity contribution is 5.73. The highest BCUT2D eigenvalue weighted by Crippen LogP contribution is 1.96. The molecule has 0 heterocycles. The van der Waals surface area contributed by atoms with Crippen LogP contribution in [0.4, 0.5) is 4.79 Å². The molecule has 90 valence electrons. The van der Waals surface area contributed by atoms with Crippen molar-refractivity contribution in [3.63, 3.8) is 0 Å². The number of hydrogen-bond donors (Lipinski definition) is 3. The molecule has 0 spiro atoms. The molecule has 4 N–H and O–H groups in total. The molecule has 0 aromatic heterocycles. The van der Waals surface area contributed by atoms with Crippen LogP contribution in [0.1, 0.15) is 45.4 Å². The van der Waals surface area contributed by atoms with Gasteiger partial charge >= 0.3 is 6.03 Å². The van der Waals surface area contributed by atoms with E-state index in [9.17, 15) is 4.79 Å². The standard InChI is InChI=1S/C11H25N3O/c1-2-3-9-13-11(15)14-10-7-5-4-6-8-12/h2-10,12H2,1H3,(H2,13,14,15). The van der Waals surface area contributed by atoms with Crippen molar-refractivity contribution in [3.8, 4) is 0 Å². The molecule has 0 atom stereocenters. The molecule has 4 nitrogen and oxygen atoms in total. The lowest BCUT2D eigenvalue weighted by atomic mass is 10.2. The molecule has 0 fully saturated rings. The summed E-state index contributed by atoms with van der Waals surface area (Å²) in [6.07, 6.45) is 6.59. The number of hydrogen-bond acceptors (Lipinski definition) is 2. The number of urea groups is 1. The van der Waals surface area contributed by atoms with E-state index in [0.717, 1.165) is 58.2 Å². The molecule has 0 unspecified atom stereocenters. The van der Waals surface area contributed by atoms with Crippen LogP contribution in [0.25, 0.3) is 0 Å². The summed E-state index contributed by atoms with van der Waals surface area (Å²) >= 11 is 0. The Bertz CT molecular complexity index is 151. The van der Waals surface area contributed by atoms with E-state index in [0.29, 0.717) is 0 Å². The molecule has 0 radical (unpaired) electrons. The Morgan fingerprint density at radius 1 is 1.00 bits per heavy atom. The molecule has 0 bridgehead atoms. The number of rotatable bonds is 9. The largest absolute Gasteiger partial charge is 0.338 e. The van der Waals surface area contributed by atoms with E-state index in [1.807, 2.05) is 0 Å². The van der Waals surface area contributed by atoms with E-state index < -0.39 is 0 Å². The summed E-state index contributed by atoms with van der Waals surface area (Å²) < 4.78 is 0. The lowest BCUT2D eigenvalue weighted by Crippen LogP contribution is -2.36. The second kappa shape index (κ2) is 11.3. The second-order valence-electron chi connectivity index (χ2n) is 3.74. The average molecular weight is 215 g/mol. The molecule has 0 aromatic carbocycles. The number of nitrogens with one attached hydrogen (secondary N) is 2. The van der Waals surface area contributed by atoms with Crippen molar-refractivity contribution in [3.05, 3.63) is 0 Å². The molecule has 2 amide bonds. The third kappa shape index (κ3) is 11.2. The molecule has 0 aliphatic rings. The fraction of sp³-hybridized carbons (Fsp3) is 0.909. The van der Waals surface area contributed by atoms with Crippen molar-refractivity contribution in [2.24, 2.45) is 5.73 Å². The molecule has 15 heavy (non-hydrogen) atoms. The molecular weight excluding hydrogens is 190 g/mol. The van der Waals surface area contributed by atoms with Gasteiger partial charge in [-0.15, -0.1) is 0 Å². The highest BCUT2D eigenvalue weighted by Gasteiger charge is 1.97. The Morgan fingerprint density at radius 2 is 1.60 bits per heavy atom. The summed E-state index contributed by atoms with van der Waals surface area (Å²) in [6, 6.07) is -0.0396. The number of nitrogens with two attached hydrogens (primary N) is 1. The lowest BCUT2D eigenvalue weighted by Gasteiger charge is -2.06. The van der Waals surface area contributed by atoms with E-state index in [-0.39, 0.29) is 6.03 Å². The predicted octanol–water partition coefficient (Wildman–Crippen LogP) is 1.60. The van der Waals surface area contributed by atoms with Gasteiger partial charge in [0, 0.05) is 13.1 Å². The average Bonchev–Trinajstić information content (AvgIpc) is 2.23. The minimum absolute atomic E-state index is 0.0396. The number of amides is 2. The topological polar surface area (TPSA) is 67.2 Å². The van der Waals surface area contributed by atoms with Gasteiger partial charge in [-0.25, -0.2) is 4.79 Å². The quantitative estimate of drug-likeness (QED) is 0.511. The van der Waals surface area contributed by atoms with Crippen molar-refractivity contribution in [1.29, 1.82) is 0 Å². The van der Waals surface area contributed by atoms with E-state index in [4.69, 9.17) is 5.73 Å². The zero-order valence-corrected chi connectivity index (χ0v) is 9.85. The molecule has 0 rings (SSSR count). The van der Waals surface area contributed by atoms with Gasteiger partial charge in [0.2, 0.25) is 0 Å². The van der Waals surface area contributed by atoms with Crippen molar-refractivity contribution in [2.45, 2.75) is 45.4 Å². The van der Waals surface area contributed by atoms with Gasteiger partial charge in [0.05, 0.1) is 0 Å². The summed E-state index contributed by atoms with van der Waals surface area (Å²) in [5.41, 5.74) is 5.38. The minimum atomic E-state index is -0.0396. The molecule has 0 saturated heterocycles. The van der Waals surface area contributed by atoms with Crippen molar-refractivity contribution >= 4 is 6.03 Å². The van der Waals surface area contributed by atoms with Crippen LogP contribution in [0, 0.1) is 0 Å². The van der Waals surface area contributed by atoms with E-state index >= 15 is 0 Å². The Balaban J connectivity index is 3.10. The van der Waals surface area contributed by atoms with Crippen LogP contribution in [0.2, 0.25) is 0 Å². The molecule has 0 aliphatic heterocycles.